The van der Waals surface area contributed by atoms with Crippen LogP contribution in [0, 0.1) is 0 Å². The number of aryl methyl sites for hydroxylation is 2. The van der Waals surface area contributed by atoms with E-state index < -0.39 is 17.2 Å². The summed E-state index contributed by atoms with van der Waals surface area (Å²) in [7, 11) is 1.63. The minimum Gasteiger partial charge on any atom is -0.482 e. The Morgan fingerprint density at radius 1 is 1.31 bits per heavy atom. The monoisotopic (exact) mass is 420 g/mol. The molecule has 0 spiro atoms. The lowest BCUT2D eigenvalue weighted by atomic mass is 10.3. The number of aromatic nitrogens is 4. The fourth-order valence-corrected chi connectivity index (χ4v) is 3.01. The molecule has 2 aromatic heterocycles. The zero-order valence-corrected chi connectivity index (χ0v) is 16.9. The molecule has 0 bridgehead atoms. The molecule has 3 aromatic rings. The first-order valence-corrected chi connectivity index (χ1v) is 9.51. The predicted octanol–water partition coefficient (Wildman–Crippen LogP) is 2.00. The van der Waals surface area contributed by atoms with Gasteiger partial charge < -0.3 is 14.0 Å². The van der Waals surface area contributed by atoms with Crippen molar-refractivity contribution in [3.8, 4) is 5.75 Å². The summed E-state index contributed by atoms with van der Waals surface area (Å²) >= 11 is 5.87. The number of benzene rings is 1. The molecule has 154 valence electrons. The van der Waals surface area contributed by atoms with E-state index in [1.165, 1.54) is 9.13 Å². The topological polar surface area (TPSA) is 108 Å². The first-order valence-electron chi connectivity index (χ1n) is 9.13. The Morgan fingerprint density at radius 2 is 2.10 bits per heavy atom. The number of ether oxygens (including phenoxy) is 2. The van der Waals surface area contributed by atoms with Crippen molar-refractivity contribution in [3.05, 3.63) is 56.0 Å². The van der Waals surface area contributed by atoms with Crippen LogP contribution in [0.1, 0.15) is 25.6 Å². The van der Waals surface area contributed by atoms with E-state index in [0.717, 1.165) is 12.8 Å². The van der Waals surface area contributed by atoms with Crippen LogP contribution < -0.4 is 16.0 Å². The van der Waals surface area contributed by atoms with Gasteiger partial charge in [0.15, 0.2) is 17.8 Å². The lowest BCUT2D eigenvalue weighted by Gasteiger charge is -2.07. The van der Waals surface area contributed by atoms with Crippen LogP contribution in [0.25, 0.3) is 11.2 Å². The van der Waals surface area contributed by atoms with Crippen molar-refractivity contribution in [3.63, 3.8) is 0 Å². The van der Waals surface area contributed by atoms with Gasteiger partial charge in [-0.05, 0) is 24.6 Å². The van der Waals surface area contributed by atoms with Crippen LogP contribution in [0.4, 0.5) is 0 Å². The fraction of sp³-hybridized carbons (Fsp3) is 0.368. The van der Waals surface area contributed by atoms with Gasteiger partial charge in [-0.25, -0.2) is 14.6 Å². The summed E-state index contributed by atoms with van der Waals surface area (Å²) in [6.45, 7) is 1.98. The maximum Gasteiger partial charge on any atom is 0.344 e. The van der Waals surface area contributed by atoms with Crippen molar-refractivity contribution in [1.82, 2.24) is 19.1 Å². The van der Waals surface area contributed by atoms with Crippen molar-refractivity contribution in [2.24, 2.45) is 7.05 Å². The molecule has 0 amide bonds. The summed E-state index contributed by atoms with van der Waals surface area (Å²) in [6, 6.07) is 6.66. The molecule has 2 heterocycles. The minimum atomic E-state index is -0.602. The number of hydrogen-bond acceptors (Lipinski definition) is 6. The van der Waals surface area contributed by atoms with E-state index in [0.29, 0.717) is 23.1 Å². The molecule has 29 heavy (non-hydrogen) atoms. The molecule has 3 rings (SSSR count). The highest BCUT2D eigenvalue weighted by atomic mass is 35.5. The van der Waals surface area contributed by atoms with Gasteiger partial charge in [-0.2, -0.15) is 0 Å². The van der Waals surface area contributed by atoms with Crippen LogP contribution in [-0.4, -0.2) is 31.7 Å². The molecule has 0 saturated heterocycles. The predicted molar refractivity (Wildman–Crippen MR) is 107 cm³/mol. The van der Waals surface area contributed by atoms with Crippen molar-refractivity contribution in [1.29, 1.82) is 0 Å². The number of nitrogens with one attached hydrogen (secondary N) is 1. The van der Waals surface area contributed by atoms with Gasteiger partial charge in [0.05, 0.1) is 0 Å². The molecular formula is C19H21ClN4O5. The van der Waals surface area contributed by atoms with Gasteiger partial charge in [0.25, 0.3) is 5.56 Å². The highest BCUT2D eigenvalue weighted by Gasteiger charge is 2.17. The second kappa shape index (κ2) is 8.95. The Labute approximate surface area is 170 Å². The van der Waals surface area contributed by atoms with Crippen molar-refractivity contribution in [2.45, 2.75) is 32.9 Å². The van der Waals surface area contributed by atoms with Gasteiger partial charge in [-0.15, -0.1) is 0 Å². The van der Waals surface area contributed by atoms with Crippen molar-refractivity contribution < 1.29 is 14.3 Å². The molecule has 0 unspecified atom stereocenters. The standard InChI is InChI=1S/C19H21ClN4O5/c1-3-4-8-24-17-16(18(26)22-19(24)27)23(2)14(21-17)10-29-15(25)11-28-13-7-5-6-12(20)9-13/h5-7,9H,3-4,8,10-11H2,1-2H3,(H,22,26,27). The zero-order chi connectivity index (χ0) is 21.0. The molecule has 9 nitrogen and oxygen atoms in total. The highest BCUT2D eigenvalue weighted by molar-refractivity contribution is 6.30. The van der Waals surface area contributed by atoms with Crippen LogP contribution in [0.3, 0.4) is 0 Å². The summed E-state index contributed by atoms with van der Waals surface area (Å²) < 4.78 is 13.5. The molecule has 0 saturated carbocycles. The fourth-order valence-electron chi connectivity index (χ4n) is 2.83. The molecular weight excluding hydrogens is 400 g/mol. The van der Waals surface area contributed by atoms with Crippen LogP contribution >= 0.6 is 11.6 Å². The first-order chi connectivity index (χ1) is 13.9. The largest absolute Gasteiger partial charge is 0.482 e. The van der Waals surface area contributed by atoms with E-state index in [1.54, 1.807) is 31.3 Å². The number of imidazole rings is 1. The summed E-state index contributed by atoms with van der Waals surface area (Å²) in [5.74, 6) is 0.190. The Hall–Kier alpha value is -3.07. The van der Waals surface area contributed by atoms with E-state index in [2.05, 4.69) is 9.97 Å². The van der Waals surface area contributed by atoms with E-state index in [4.69, 9.17) is 21.1 Å². The third kappa shape index (κ3) is 4.68. The van der Waals surface area contributed by atoms with Crippen molar-refractivity contribution in [2.75, 3.05) is 6.61 Å². The SMILES string of the molecule is CCCCn1c(=O)[nH]c(=O)c2c1nc(COC(=O)COc1cccc(Cl)c1)n2C. The normalized spacial score (nSPS) is 11.0. The van der Waals surface area contributed by atoms with Gasteiger partial charge in [-0.1, -0.05) is 31.0 Å². The molecule has 1 aromatic carbocycles. The number of fused-ring (bicyclic) bond motifs is 1. The third-order valence-corrected chi connectivity index (χ3v) is 4.59. The van der Waals surface area contributed by atoms with Crippen LogP contribution in [-0.2, 0) is 29.7 Å². The van der Waals surface area contributed by atoms with Gasteiger partial charge in [0.2, 0.25) is 0 Å². The van der Waals surface area contributed by atoms with Gasteiger partial charge in [0, 0.05) is 18.6 Å². The number of hydrogen-bond donors (Lipinski definition) is 1. The second-order valence-corrected chi connectivity index (χ2v) is 6.87. The number of halogens is 1. The van der Waals surface area contributed by atoms with E-state index in [9.17, 15) is 14.4 Å². The van der Waals surface area contributed by atoms with Gasteiger partial charge >= 0.3 is 11.7 Å². The lowest BCUT2D eigenvalue weighted by Crippen LogP contribution is -2.31. The van der Waals surface area contributed by atoms with E-state index in [-0.39, 0.29) is 24.4 Å². The molecule has 0 fully saturated rings. The number of carbonyl (C=O) groups is 1. The average Bonchev–Trinajstić information content (AvgIpc) is 3.01. The zero-order valence-electron chi connectivity index (χ0n) is 16.1. The van der Waals surface area contributed by atoms with E-state index in [1.807, 2.05) is 6.92 Å². The van der Waals surface area contributed by atoms with Gasteiger partial charge in [0.1, 0.15) is 18.2 Å². The van der Waals surface area contributed by atoms with Crippen molar-refractivity contribution >= 4 is 28.7 Å². The third-order valence-electron chi connectivity index (χ3n) is 4.36. The second-order valence-electron chi connectivity index (χ2n) is 6.43. The Balaban J connectivity index is 1.74. The molecule has 1 N–H and O–H groups in total. The Kier molecular flexibility index (Phi) is 6.38. The Morgan fingerprint density at radius 3 is 2.83 bits per heavy atom. The van der Waals surface area contributed by atoms with E-state index >= 15 is 0 Å². The smallest absolute Gasteiger partial charge is 0.344 e. The molecule has 0 aliphatic carbocycles. The molecule has 10 heteroatoms. The number of H-pyrrole nitrogens is 1. The molecule has 0 aliphatic rings. The van der Waals surface area contributed by atoms with Crippen LogP contribution in [0.5, 0.6) is 5.75 Å². The summed E-state index contributed by atoms with van der Waals surface area (Å²) in [6.07, 6.45) is 1.65. The quantitative estimate of drug-likeness (QED) is 0.558. The van der Waals surface area contributed by atoms with Crippen LogP contribution in [0.2, 0.25) is 5.02 Å². The van der Waals surface area contributed by atoms with Gasteiger partial charge in [-0.3, -0.25) is 14.3 Å². The number of aromatic amines is 1. The molecule has 0 aliphatic heterocycles. The maximum absolute atomic E-state index is 12.2. The van der Waals surface area contributed by atoms with Crippen LogP contribution in [0.15, 0.2) is 33.9 Å². The number of rotatable bonds is 8. The first kappa shape index (κ1) is 20.7. The average molecular weight is 421 g/mol. The molecule has 0 atom stereocenters. The number of carbonyl (C=O) groups excluding carboxylic acids is 1. The molecule has 0 radical (unpaired) electrons. The number of unbranched alkanes of at least 4 members (excludes halogenated alkanes) is 1. The minimum absolute atomic E-state index is 0.162. The number of esters is 1. The number of nitrogens with zero attached hydrogens (tertiary/aromatic N) is 3. The maximum atomic E-state index is 12.2. The Bertz CT molecular complexity index is 1150. The highest BCUT2D eigenvalue weighted by Crippen LogP contribution is 2.17. The summed E-state index contributed by atoms with van der Waals surface area (Å²) in [5.41, 5.74) is -0.514. The summed E-state index contributed by atoms with van der Waals surface area (Å²) in [5, 5.41) is 0.495. The summed E-state index contributed by atoms with van der Waals surface area (Å²) in [4.78, 5) is 43.0. The lowest BCUT2D eigenvalue weighted by molar-refractivity contribution is -0.147.